The second-order valence-electron chi connectivity index (χ2n) is 8.68. The van der Waals surface area contributed by atoms with Gasteiger partial charge in [-0.25, -0.2) is 0 Å². The van der Waals surface area contributed by atoms with Crippen LogP contribution < -0.4 is 4.90 Å². The number of para-hydroxylation sites is 2. The molecule has 36 heavy (non-hydrogen) atoms. The molecule has 0 saturated carbocycles. The van der Waals surface area contributed by atoms with E-state index in [9.17, 15) is 0 Å². The van der Waals surface area contributed by atoms with Crippen LogP contribution in [0.1, 0.15) is 6.92 Å². The Bertz CT molecular complexity index is 1770. The first-order valence-corrected chi connectivity index (χ1v) is 12.9. The summed E-state index contributed by atoms with van der Waals surface area (Å²) in [6.45, 7) is 6.01. The van der Waals surface area contributed by atoms with E-state index in [0.717, 1.165) is 17.1 Å². The molecule has 2 aromatic heterocycles. The van der Waals surface area contributed by atoms with E-state index in [0.29, 0.717) is 0 Å². The van der Waals surface area contributed by atoms with E-state index in [1.165, 1.54) is 36.9 Å². The van der Waals surface area contributed by atoms with Crippen LogP contribution >= 0.6 is 11.3 Å². The van der Waals surface area contributed by atoms with Crippen molar-refractivity contribution in [1.82, 2.24) is 4.57 Å². The minimum Gasteiger partial charge on any atom is -0.308 e. The van der Waals surface area contributed by atoms with Crippen LogP contribution in [0.5, 0.6) is 0 Å². The van der Waals surface area contributed by atoms with Gasteiger partial charge in [0.15, 0.2) is 0 Å². The van der Waals surface area contributed by atoms with Gasteiger partial charge >= 0.3 is 0 Å². The second kappa shape index (κ2) is 9.37. The molecule has 0 aliphatic heterocycles. The molecule has 0 N–H and O–H groups in total. The zero-order valence-corrected chi connectivity index (χ0v) is 21.0. The third-order valence-electron chi connectivity index (χ3n) is 6.44. The van der Waals surface area contributed by atoms with E-state index < -0.39 is 0 Å². The van der Waals surface area contributed by atoms with Crippen molar-refractivity contribution in [2.24, 2.45) is 0 Å². The molecule has 174 valence electrons. The van der Waals surface area contributed by atoms with Crippen molar-refractivity contribution in [2.75, 3.05) is 4.90 Å². The summed E-state index contributed by atoms with van der Waals surface area (Å²) < 4.78 is 3.62. The van der Waals surface area contributed by atoms with E-state index in [1.54, 1.807) is 0 Å². The fraction of sp³-hybridized carbons (Fsp3) is 0.0303. The van der Waals surface area contributed by atoms with Crippen molar-refractivity contribution in [3.63, 3.8) is 0 Å². The lowest BCUT2D eigenvalue weighted by Gasteiger charge is -2.24. The molecular formula is C33H26N2S. The molecule has 0 radical (unpaired) electrons. The number of nitrogens with zero attached hydrogens (tertiary/aromatic N) is 2. The predicted molar refractivity (Wildman–Crippen MR) is 159 cm³/mol. The van der Waals surface area contributed by atoms with Gasteiger partial charge in [-0.3, -0.25) is 0 Å². The van der Waals surface area contributed by atoms with Gasteiger partial charge < -0.3 is 9.47 Å². The lowest BCUT2D eigenvalue weighted by molar-refractivity contribution is 1.23. The first-order chi connectivity index (χ1) is 17.8. The van der Waals surface area contributed by atoms with E-state index in [-0.39, 0.29) is 0 Å². The van der Waals surface area contributed by atoms with Crippen molar-refractivity contribution >= 4 is 65.3 Å². The maximum Gasteiger partial charge on any atom is 0.103 e. The van der Waals surface area contributed by atoms with E-state index in [2.05, 4.69) is 144 Å². The molecule has 0 aliphatic rings. The summed E-state index contributed by atoms with van der Waals surface area (Å²) in [5.41, 5.74) is 5.79. The van der Waals surface area contributed by atoms with Gasteiger partial charge in [-0.05, 0) is 66.2 Å². The summed E-state index contributed by atoms with van der Waals surface area (Å²) in [5.74, 6) is 0. The van der Waals surface area contributed by atoms with Crippen molar-refractivity contribution < 1.29 is 0 Å². The Morgan fingerprint density at radius 2 is 1.53 bits per heavy atom. The smallest absolute Gasteiger partial charge is 0.103 e. The maximum absolute atomic E-state index is 3.96. The largest absolute Gasteiger partial charge is 0.308 e. The lowest BCUT2D eigenvalue weighted by Crippen LogP contribution is -2.08. The average molecular weight is 483 g/mol. The molecule has 2 nitrogen and oxygen atoms in total. The third kappa shape index (κ3) is 3.74. The highest BCUT2D eigenvalue weighted by Gasteiger charge is 2.20. The van der Waals surface area contributed by atoms with E-state index in [1.807, 2.05) is 17.4 Å². The number of aromatic nitrogens is 1. The second-order valence-corrected chi connectivity index (χ2v) is 9.71. The van der Waals surface area contributed by atoms with Crippen LogP contribution in [0, 0.1) is 0 Å². The van der Waals surface area contributed by atoms with Gasteiger partial charge in [-0.15, -0.1) is 11.3 Å². The summed E-state index contributed by atoms with van der Waals surface area (Å²) in [4.78, 5) is 2.36. The van der Waals surface area contributed by atoms with Crippen molar-refractivity contribution in [2.45, 2.75) is 6.92 Å². The van der Waals surface area contributed by atoms with Crippen LogP contribution in [0.15, 0.2) is 134 Å². The van der Waals surface area contributed by atoms with Crippen molar-refractivity contribution in [3.05, 3.63) is 134 Å². The fourth-order valence-electron chi connectivity index (χ4n) is 4.90. The third-order valence-corrected chi connectivity index (χ3v) is 7.58. The summed E-state index contributed by atoms with van der Waals surface area (Å²) in [6, 6.07) is 36.8. The number of fused-ring (bicyclic) bond motifs is 4. The van der Waals surface area contributed by atoms with Crippen LogP contribution in [0.25, 0.3) is 37.6 Å². The molecule has 0 atom stereocenters. The van der Waals surface area contributed by atoms with Crippen molar-refractivity contribution in [3.8, 4) is 0 Å². The van der Waals surface area contributed by atoms with Crippen LogP contribution in [-0.4, -0.2) is 4.57 Å². The van der Waals surface area contributed by atoms with Crippen LogP contribution in [0.3, 0.4) is 0 Å². The predicted octanol–water partition coefficient (Wildman–Crippen LogP) is 10.1. The number of hydrogen-bond acceptors (Lipinski definition) is 2. The Hall–Kier alpha value is -4.34. The van der Waals surface area contributed by atoms with Gasteiger partial charge in [0.05, 0.1) is 15.7 Å². The molecule has 2 heterocycles. The van der Waals surface area contributed by atoms with Crippen LogP contribution in [-0.2, 0) is 0 Å². The topological polar surface area (TPSA) is 8.17 Å². The molecule has 0 bridgehead atoms. The highest BCUT2D eigenvalue weighted by molar-refractivity contribution is 7.24. The SMILES string of the molecule is C=C/C=C(\C=C/C)n1c2ccccc2c2sc(N(c3ccccc3)c3ccc4ccccc4c3)cc21. The average Bonchev–Trinajstić information content (AvgIpc) is 3.46. The molecular weight excluding hydrogens is 456 g/mol. The van der Waals surface area contributed by atoms with Gasteiger partial charge in [0.1, 0.15) is 5.00 Å². The number of rotatable bonds is 6. The molecule has 0 spiro atoms. The Morgan fingerprint density at radius 1 is 0.778 bits per heavy atom. The van der Waals surface area contributed by atoms with Gasteiger partial charge in [0.2, 0.25) is 0 Å². The maximum atomic E-state index is 3.96. The Balaban J connectivity index is 1.62. The van der Waals surface area contributed by atoms with Crippen molar-refractivity contribution in [1.29, 1.82) is 0 Å². The number of anilines is 3. The normalized spacial score (nSPS) is 12.2. The number of hydrogen-bond donors (Lipinski definition) is 0. The molecule has 4 aromatic carbocycles. The molecule has 0 amide bonds. The minimum atomic E-state index is 1.10. The zero-order chi connectivity index (χ0) is 24.5. The first kappa shape index (κ1) is 22.1. The molecule has 3 heteroatoms. The molecule has 0 saturated heterocycles. The highest BCUT2D eigenvalue weighted by Crippen LogP contribution is 2.46. The number of thiophene rings is 1. The molecule has 0 fully saturated rings. The molecule has 6 rings (SSSR count). The summed E-state index contributed by atoms with van der Waals surface area (Å²) in [6.07, 6.45) is 8.15. The van der Waals surface area contributed by atoms with Crippen LogP contribution in [0.2, 0.25) is 0 Å². The van der Waals surface area contributed by atoms with E-state index >= 15 is 0 Å². The standard InChI is InChI=1S/C33H26N2S/c1-3-12-26(13-4-2)35-30-19-11-10-18-29(30)33-31(35)23-32(36-33)34(27-16-6-5-7-17-27)28-21-20-24-14-8-9-15-25(24)22-28/h3-23H,1H2,2H3/b13-4-,26-12+. The Kier molecular flexibility index (Phi) is 5.76. The summed E-state index contributed by atoms with van der Waals surface area (Å²) in [5, 5.41) is 4.92. The first-order valence-electron chi connectivity index (χ1n) is 12.1. The summed E-state index contributed by atoms with van der Waals surface area (Å²) in [7, 11) is 0. The number of allylic oxidation sites excluding steroid dienone is 5. The van der Waals surface area contributed by atoms with Gasteiger partial charge in [0.25, 0.3) is 0 Å². The van der Waals surface area contributed by atoms with Gasteiger partial charge in [0, 0.05) is 22.5 Å². The summed E-state index contributed by atoms with van der Waals surface area (Å²) >= 11 is 1.83. The van der Waals surface area contributed by atoms with Gasteiger partial charge in [-0.1, -0.05) is 85.5 Å². The number of benzene rings is 4. The molecule has 0 unspecified atom stereocenters. The molecule has 6 aromatic rings. The van der Waals surface area contributed by atoms with Crippen LogP contribution in [0.4, 0.5) is 16.4 Å². The molecule has 0 aliphatic carbocycles. The highest BCUT2D eigenvalue weighted by atomic mass is 32.1. The Labute approximate surface area is 215 Å². The lowest BCUT2D eigenvalue weighted by atomic mass is 10.1. The van der Waals surface area contributed by atoms with Gasteiger partial charge in [-0.2, -0.15) is 0 Å². The quantitative estimate of drug-likeness (QED) is 0.214. The Morgan fingerprint density at radius 3 is 2.33 bits per heavy atom. The minimum absolute atomic E-state index is 1.10. The zero-order valence-electron chi connectivity index (χ0n) is 20.1. The fourth-order valence-corrected chi connectivity index (χ4v) is 6.12. The monoisotopic (exact) mass is 482 g/mol. The van der Waals surface area contributed by atoms with E-state index in [4.69, 9.17) is 0 Å².